The fraction of sp³-hybridized carbons (Fsp3) is 0.308. The van der Waals surface area contributed by atoms with E-state index in [1.165, 1.54) is 0 Å². The third-order valence-electron chi connectivity index (χ3n) is 6.26. The van der Waals surface area contributed by atoms with Crippen LogP contribution in [0.3, 0.4) is 0 Å². The number of carbonyl (C=O) groups is 2. The van der Waals surface area contributed by atoms with Crippen LogP contribution in [0.5, 0.6) is 0 Å². The smallest absolute Gasteiger partial charge is 0.258 e. The molecule has 0 bridgehead atoms. The summed E-state index contributed by atoms with van der Waals surface area (Å²) in [5.74, 6) is -0.0280. The number of nitrogens with zero attached hydrogens (tertiary/aromatic N) is 2. The van der Waals surface area contributed by atoms with Gasteiger partial charge in [-0.2, -0.15) is 0 Å². The van der Waals surface area contributed by atoms with E-state index in [-0.39, 0.29) is 24.5 Å². The summed E-state index contributed by atoms with van der Waals surface area (Å²) < 4.78 is 7.55. The normalized spacial score (nSPS) is 19.2. The summed E-state index contributed by atoms with van der Waals surface area (Å²) in [5.41, 5.74) is 4.49. The number of anilines is 1. The lowest BCUT2D eigenvalue weighted by Crippen LogP contribution is -2.34. The zero-order chi connectivity index (χ0) is 22.1. The number of benzene rings is 2. The van der Waals surface area contributed by atoms with Gasteiger partial charge in [-0.1, -0.05) is 36.4 Å². The Bertz CT molecular complexity index is 1200. The van der Waals surface area contributed by atoms with E-state index in [1.807, 2.05) is 72.3 Å². The Kier molecular flexibility index (Phi) is 5.53. The number of para-hydroxylation sites is 2. The van der Waals surface area contributed by atoms with Crippen LogP contribution in [0.15, 0.2) is 54.7 Å². The molecule has 0 aliphatic carbocycles. The van der Waals surface area contributed by atoms with Crippen molar-refractivity contribution >= 4 is 40.1 Å². The number of aromatic nitrogens is 1. The maximum absolute atomic E-state index is 13.1. The van der Waals surface area contributed by atoms with Crippen LogP contribution < -0.4 is 10.2 Å². The predicted octanol–water partition coefficient (Wildman–Crippen LogP) is 3.84. The van der Waals surface area contributed by atoms with Crippen LogP contribution in [-0.2, 0) is 20.9 Å². The first-order valence-corrected chi connectivity index (χ1v) is 11.2. The van der Waals surface area contributed by atoms with Gasteiger partial charge < -0.3 is 19.5 Å². The quantitative estimate of drug-likeness (QED) is 0.606. The molecule has 2 amide bonds. The molecule has 0 radical (unpaired) electrons. The maximum Gasteiger partial charge on any atom is 0.258 e. The molecular formula is C26H27N3O3. The number of fused-ring (bicyclic) bond motifs is 2. The standard InChI is InChI=1S/C26H27N3O3/c1-2-29-24-12-6-4-10-21(24)22(26(29)31)14-18-16-28(23-11-5-3-9-20(18)23)17-25(30)27-15-19-8-7-13-32-19/h3-6,9-12,14,16,19H,2,7-8,13,15,17H2,1H3,(H,27,30)/b22-14-. The molecule has 6 heteroatoms. The Labute approximate surface area is 187 Å². The summed E-state index contributed by atoms with van der Waals surface area (Å²) in [4.78, 5) is 27.5. The number of hydrogen-bond donors (Lipinski definition) is 1. The van der Waals surface area contributed by atoms with Crippen molar-refractivity contribution in [3.8, 4) is 0 Å². The van der Waals surface area contributed by atoms with Crippen molar-refractivity contribution in [3.05, 3.63) is 65.9 Å². The fourth-order valence-electron chi connectivity index (χ4n) is 4.68. The average Bonchev–Trinajstić information content (AvgIpc) is 3.51. The van der Waals surface area contributed by atoms with Gasteiger partial charge in [-0.25, -0.2) is 0 Å². The van der Waals surface area contributed by atoms with Gasteiger partial charge in [-0.3, -0.25) is 9.59 Å². The number of carbonyl (C=O) groups excluding carboxylic acids is 2. The van der Waals surface area contributed by atoms with Crippen molar-refractivity contribution in [1.82, 2.24) is 9.88 Å². The summed E-state index contributed by atoms with van der Waals surface area (Å²) in [6.07, 6.45) is 6.09. The van der Waals surface area contributed by atoms with Gasteiger partial charge in [0.15, 0.2) is 0 Å². The van der Waals surface area contributed by atoms with Crippen LogP contribution in [0.25, 0.3) is 22.6 Å². The van der Waals surface area contributed by atoms with Gasteiger partial charge in [-0.15, -0.1) is 0 Å². The highest BCUT2D eigenvalue weighted by Crippen LogP contribution is 2.38. The molecule has 1 N–H and O–H groups in total. The number of ether oxygens (including phenoxy) is 1. The van der Waals surface area contributed by atoms with E-state index in [2.05, 4.69) is 5.32 Å². The molecule has 5 rings (SSSR count). The summed E-state index contributed by atoms with van der Waals surface area (Å²) in [7, 11) is 0. The highest BCUT2D eigenvalue weighted by molar-refractivity contribution is 6.36. The van der Waals surface area contributed by atoms with Crippen molar-refractivity contribution in [2.45, 2.75) is 32.4 Å². The van der Waals surface area contributed by atoms with E-state index in [0.717, 1.165) is 47.2 Å². The second kappa shape index (κ2) is 8.63. The van der Waals surface area contributed by atoms with E-state index < -0.39 is 0 Å². The third kappa shape index (κ3) is 3.71. The number of hydrogen-bond acceptors (Lipinski definition) is 3. The first kappa shape index (κ1) is 20.5. The molecule has 32 heavy (non-hydrogen) atoms. The van der Waals surface area contributed by atoms with Crippen LogP contribution >= 0.6 is 0 Å². The van der Waals surface area contributed by atoms with Crippen LogP contribution in [0, 0.1) is 0 Å². The molecule has 3 aromatic rings. The Balaban J connectivity index is 1.45. The van der Waals surface area contributed by atoms with Gasteiger partial charge in [0.1, 0.15) is 6.54 Å². The summed E-state index contributed by atoms with van der Waals surface area (Å²) in [5, 5.41) is 4.01. The number of nitrogens with one attached hydrogen (secondary N) is 1. The van der Waals surface area contributed by atoms with Crippen molar-refractivity contribution < 1.29 is 14.3 Å². The van der Waals surface area contributed by atoms with E-state index in [1.54, 1.807) is 4.90 Å². The molecule has 1 saturated heterocycles. The van der Waals surface area contributed by atoms with Crippen molar-refractivity contribution in [2.24, 2.45) is 0 Å². The van der Waals surface area contributed by atoms with Crippen molar-refractivity contribution in [1.29, 1.82) is 0 Å². The number of rotatable bonds is 6. The molecule has 1 aromatic heterocycles. The first-order valence-electron chi connectivity index (χ1n) is 11.2. The molecule has 1 fully saturated rings. The lowest BCUT2D eigenvalue weighted by Gasteiger charge is -2.13. The Morgan fingerprint density at radius 2 is 2.00 bits per heavy atom. The minimum atomic E-state index is -0.0418. The molecule has 1 atom stereocenters. The molecule has 2 aromatic carbocycles. The Morgan fingerprint density at radius 1 is 1.19 bits per heavy atom. The zero-order valence-electron chi connectivity index (χ0n) is 18.2. The molecule has 3 heterocycles. The average molecular weight is 430 g/mol. The van der Waals surface area contributed by atoms with E-state index in [9.17, 15) is 9.59 Å². The monoisotopic (exact) mass is 429 g/mol. The topological polar surface area (TPSA) is 63.6 Å². The lowest BCUT2D eigenvalue weighted by molar-refractivity contribution is -0.122. The van der Waals surface area contributed by atoms with Gasteiger partial charge in [0, 0.05) is 53.5 Å². The minimum Gasteiger partial charge on any atom is -0.376 e. The summed E-state index contributed by atoms with van der Waals surface area (Å²) in [6.45, 7) is 4.16. The highest BCUT2D eigenvalue weighted by atomic mass is 16.5. The fourth-order valence-corrected chi connectivity index (χ4v) is 4.68. The van der Waals surface area contributed by atoms with Crippen LogP contribution in [0.2, 0.25) is 0 Å². The van der Waals surface area contributed by atoms with E-state index in [0.29, 0.717) is 18.7 Å². The zero-order valence-corrected chi connectivity index (χ0v) is 18.2. The molecule has 6 nitrogen and oxygen atoms in total. The lowest BCUT2D eigenvalue weighted by atomic mass is 10.0. The molecule has 1 unspecified atom stereocenters. The third-order valence-corrected chi connectivity index (χ3v) is 6.26. The molecule has 0 saturated carbocycles. The van der Waals surface area contributed by atoms with Gasteiger partial charge in [0.25, 0.3) is 5.91 Å². The molecular weight excluding hydrogens is 402 g/mol. The predicted molar refractivity (Wildman–Crippen MR) is 126 cm³/mol. The van der Waals surface area contributed by atoms with E-state index in [4.69, 9.17) is 4.74 Å². The van der Waals surface area contributed by atoms with Crippen LogP contribution in [0.1, 0.15) is 30.9 Å². The van der Waals surface area contributed by atoms with Crippen molar-refractivity contribution in [3.63, 3.8) is 0 Å². The Hall–Kier alpha value is -3.38. The number of likely N-dealkylation sites (N-methyl/N-ethyl adjacent to an activating group) is 1. The maximum atomic E-state index is 13.1. The van der Waals surface area contributed by atoms with Gasteiger partial charge in [0.2, 0.25) is 5.91 Å². The molecule has 164 valence electrons. The number of amides is 2. The van der Waals surface area contributed by atoms with Gasteiger partial charge in [-0.05, 0) is 38.0 Å². The minimum absolute atomic E-state index is 0.0137. The second-order valence-corrected chi connectivity index (χ2v) is 8.29. The van der Waals surface area contributed by atoms with Crippen molar-refractivity contribution in [2.75, 3.05) is 24.6 Å². The molecule has 0 spiro atoms. The largest absolute Gasteiger partial charge is 0.376 e. The summed E-state index contributed by atoms with van der Waals surface area (Å²) in [6, 6.07) is 15.9. The second-order valence-electron chi connectivity index (χ2n) is 8.29. The van der Waals surface area contributed by atoms with Gasteiger partial charge in [0.05, 0.1) is 11.8 Å². The highest BCUT2D eigenvalue weighted by Gasteiger charge is 2.31. The molecule has 2 aliphatic rings. The first-order chi connectivity index (χ1) is 15.7. The van der Waals surface area contributed by atoms with Crippen LogP contribution in [-0.4, -0.2) is 42.2 Å². The van der Waals surface area contributed by atoms with Gasteiger partial charge >= 0.3 is 0 Å². The summed E-state index contributed by atoms with van der Waals surface area (Å²) >= 11 is 0. The van der Waals surface area contributed by atoms with E-state index >= 15 is 0 Å². The molecule has 2 aliphatic heterocycles. The Morgan fingerprint density at radius 3 is 2.81 bits per heavy atom. The SMILES string of the molecule is CCN1C(=O)/C(=C\c2cn(CC(=O)NCC3CCCO3)c3ccccc23)c2ccccc21. The van der Waals surface area contributed by atoms with Crippen LogP contribution in [0.4, 0.5) is 5.69 Å².